The van der Waals surface area contributed by atoms with Gasteiger partial charge in [-0.1, -0.05) is 29.3 Å². The molecule has 3 rings (SSSR count). The van der Waals surface area contributed by atoms with Gasteiger partial charge in [0.2, 0.25) is 0 Å². The van der Waals surface area contributed by atoms with Crippen molar-refractivity contribution >= 4 is 35.3 Å². The van der Waals surface area contributed by atoms with Crippen molar-refractivity contribution < 1.29 is 14.3 Å². The third-order valence-electron chi connectivity index (χ3n) is 3.74. The van der Waals surface area contributed by atoms with Crippen LogP contribution in [0.4, 0.5) is 0 Å². The van der Waals surface area contributed by atoms with Crippen LogP contribution < -0.4 is 14.9 Å². The maximum Gasteiger partial charge on any atom is 0.261 e. The highest BCUT2D eigenvalue weighted by Crippen LogP contribution is 2.29. The minimum absolute atomic E-state index is 0.0299. The molecule has 150 valence electrons. The van der Waals surface area contributed by atoms with Crippen LogP contribution in [-0.2, 0) is 17.9 Å². The molecule has 0 unspecified atom stereocenters. The Morgan fingerprint density at radius 1 is 1.21 bits per heavy atom. The molecule has 2 aromatic carbocycles. The Hall–Kier alpha value is -3.10. The predicted molar refractivity (Wildman–Crippen MR) is 110 cm³/mol. The van der Waals surface area contributed by atoms with Crippen LogP contribution in [0.1, 0.15) is 11.1 Å². The van der Waals surface area contributed by atoms with Gasteiger partial charge in [0.15, 0.2) is 11.5 Å². The molecule has 29 heavy (non-hydrogen) atoms. The Morgan fingerprint density at radius 3 is 2.79 bits per heavy atom. The van der Waals surface area contributed by atoms with Crippen LogP contribution in [0.25, 0.3) is 0 Å². The molecule has 1 aromatic heterocycles. The summed E-state index contributed by atoms with van der Waals surface area (Å²) in [4.78, 5) is 15.5. The summed E-state index contributed by atoms with van der Waals surface area (Å²) in [5.41, 5.74) is 4.03. The fraction of sp³-hybridized carbons (Fsp3) is 0.158. The predicted octanol–water partition coefficient (Wildman–Crippen LogP) is 3.32. The molecular formula is C19H17Cl2N5O3. The molecule has 1 N–H and O–H groups in total. The van der Waals surface area contributed by atoms with Gasteiger partial charge in [-0.05, 0) is 41.5 Å². The van der Waals surface area contributed by atoms with Crippen LogP contribution in [0.3, 0.4) is 0 Å². The van der Waals surface area contributed by atoms with Crippen molar-refractivity contribution in [3.8, 4) is 11.5 Å². The number of nitrogens with zero attached hydrogens (tertiary/aromatic N) is 4. The third-order valence-corrected chi connectivity index (χ3v) is 4.48. The van der Waals surface area contributed by atoms with Gasteiger partial charge < -0.3 is 9.47 Å². The van der Waals surface area contributed by atoms with Crippen molar-refractivity contribution in [2.75, 3.05) is 7.11 Å². The molecule has 0 radical (unpaired) electrons. The van der Waals surface area contributed by atoms with E-state index in [1.165, 1.54) is 23.6 Å². The van der Waals surface area contributed by atoms with E-state index in [0.717, 1.165) is 11.1 Å². The van der Waals surface area contributed by atoms with Gasteiger partial charge >= 0.3 is 0 Å². The number of hydrazone groups is 1. The second-order valence-electron chi connectivity index (χ2n) is 5.83. The standard InChI is InChI=1S/C19H17Cl2N5O3/c1-28-18-7-13(8-23-25-19(27)9-26-12-22-11-24-26)3-5-17(18)29-10-14-2-4-15(20)16(21)6-14/h2-8,11-12H,9-10H2,1H3,(H,25,27)/b23-8+. The summed E-state index contributed by atoms with van der Waals surface area (Å²) in [7, 11) is 1.54. The monoisotopic (exact) mass is 433 g/mol. The Balaban J connectivity index is 1.58. The minimum Gasteiger partial charge on any atom is -0.493 e. The minimum atomic E-state index is -0.319. The van der Waals surface area contributed by atoms with E-state index in [9.17, 15) is 4.79 Å². The van der Waals surface area contributed by atoms with E-state index in [1.807, 2.05) is 6.07 Å². The van der Waals surface area contributed by atoms with Crippen LogP contribution in [0, 0.1) is 0 Å². The number of rotatable bonds is 8. The van der Waals surface area contributed by atoms with E-state index >= 15 is 0 Å². The number of hydrogen-bond donors (Lipinski definition) is 1. The van der Waals surface area contributed by atoms with E-state index in [-0.39, 0.29) is 12.5 Å². The van der Waals surface area contributed by atoms with Crippen LogP contribution >= 0.6 is 23.2 Å². The SMILES string of the molecule is COc1cc(/C=N/NC(=O)Cn2cncn2)ccc1OCc1ccc(Cl)c(Cl)c1. The molecule has 0 saturated carbocycles. The van der Waals surface area contributed by atoms with Gasteiger partial charge in [-0.25, -0.2) is 15.1 Å². The molecule has 0 aliphatic carbocycles. The smallest absolute Gasteiger partial charge is 0.261 e. The summed E-state index contributed by atoms with van der Waals surface area (Å²) in [6.07, 6.45) is 4.31. The van der Waals surface area contributed by atoms with Crippen molar-refractivity contribution in [2.24, 2.45) is 5.10 Å². The summed E-state index contributed by atoms with van der Waals surface area (Å²) in [5, 5.41) is 8.74. The molecule has 8 nitrogen and oxygen atoms in total. The topological polar surface area (TPSA) is 90.6 Å². The molecule has 0 atom stereocenters. The van der Waals surface area contributed by atoms with E-state index < -0.39 is 0 Å². The van der Waals surface area contributed by atoms with Gasteiger partial charge in [0, 0.05) is 0 Å². The number of methoxy groups -OCH3 is 1. The lowest BCUT2D eigenvalue weighted by Crippen LogP contribution is -2.23. The van der Waals surface area contributed by atoms with E-state index in [4.69, 9.17) is 32.7 Å². The first kappa shape index (κ1) is 20.6. The second kappa shape index (κ2) is 9.90. The van der Waals surface area contributed by atoms with Crippen LogP contribution in [-0.4, -0.2) is 34.0 Å². The van der Waals surface area contributed by atoms with Gasteiger partial charge in [-0.15, -0.1) is 0 Å². The van der Waals surface area contributed by atoms with Gasteiger partial charge in [0.1, 0.15) is 25.8 Å². The fourth-order valence-electron chi connectivity index (χ4n) is 2.35. The highest BCUT2D eigenvalue weighted by Gasteiger charge is 2.07. The van der Waals surface area contributed by atoms with Gasteiger partial charge in [-0.2, -0.15) is 10.2 Å². The third kappa shape index (κ3) is 5.94. The molecule has 1 amide bonds. The first-order chi connectivity index (χ1) is 14.0. The van der Waals surface area contributed by atoms with Crippen molar-refractivity contribution in [3.05, 3.63) is 70.2 Å². The zero-order valence-corrected chi connectivity index (χ0v) is 16.9. The number of amides is 1. The number of aromatic nitrogens is 3. The fourth-order valence-corrected chi connectivity index (χ4v) is 2.67. The first-order valence-corrected chi connectivity index (χ1v) is 9.20. The van der Waals surface area contributed by atoms with Crippen LogP contribution in [0.5, 0.6) is 11.5 Å². The quantitative estimate of drug-likeness (QED) is 0.434. The number of carbonyl (C=O) groups excluding carboxylic acids is 1. The lowest BCUT2D eigenvalue weighted by atomic mass is 10.2. The molecule has 3 aromatic rings. The maximum atomic E-state index is 11.8. The molecule has 0 fully saturated rings. The Morgan fingerprint density at radius 2 is 2.07 bits per heavy atom. The summed E-state index contributed by atoms with van der Waals surface area (Å²) >= 11 is 11.9. The summed E-state index contributed by atoms with van der Waals surface area (Å²) in [6.45, 7) is 0.335. The lowest BCUT2D eigenvalue weighted by molar-refractivity contribution is -0.121. The number of hydrogen-bond acceptors (Lipinski definition) is 6. The number of halogens is 2. The number of nitrogens with one attached hydrogen (secondary N) is 1. The zero-order chi connectivity index (χ0) is 20.6. The molecule has 0 aliphatic heterocycles. The van der Waals surface area contributed by atoms with Crippen LogP contribution in [0.2, 0.25) is 10.0 Å². The van der Waals surface area contributed by atoms with Crippen molar-refractivity contribution in [3.63, 3.8) is 0 Å². The van der Waals surface area contributed by atoms with Gasteiger partial charge in [0.05, 0.1) is 23.4 Å². The molecule has 1 heterocycles. The number of carbonyl (C=O) groups is 1. The summed E-state index contributed by atoms with van der Waals surface area (Å²) < 4.78 is 12.6. The average molecular weight is 434 g/mol. The van der Waals surface area contributed by atoms with E-state index in [2.05, 4.69) is 20.6 Å². The largest absolute Gasteiger partial charge is 0.493 e. The van der Waals surface area contributed by atoms with Crippen molar-refractivity contribution in [1.82, 2.24) is 20.2 Å². The number of benzene rings is 2. The van der Waals surface area contributed by atoms with Gasteiger partial charge in [-0.3, -0.25) is 4.79 Å². The van der Waals surface area contributed by atoms with Crippen molar-refractivity contribution in [2.45, 2.75) is 13.2 Å². The molecule has 0 spiro atoms. The highest BCUT2D eigenvalue weighted by atomic mass is 35.5. The first-order valence-electron chi connectivity index (χ1n) is 8.44. The van der Waals surface area contributed by atoms with Crippen LogP contribution in [0.15, 0.2) is 54.2 Å². The maximum absolute atomic E-state index is 11.8. The molecular weight excluding hydrogens is 417 g/mol. The molecule has 10 heteroatoms. The van der Waals surface area contributed by atoms with Gasteiger partial charge in [0.25, 0.3) is 5.91 Å². The normalized spacial score (nSPS) is 10.9. The molecule has 0 bridgehead atoms. The zero-order valence-electron chi connectivity index (χ0n) is 15.4. The number of ether oxygens (including phenoxy) is 2. The highest BCUT2D eigenvalue weighted by molar-refractivity contribution is 6.42. The van der Waals surface area contributed by atoms with Crippen molar-refractivity contribution in [1.29, 1.82) is 0 Å². The summed E-state index contributed by atoms with van der Waals surface area (Å²) in [6, 6.07) is 10.6. The lowest BCUT2D eigenvalue weighted by Gasteiger charge is -2.11. The Bertz CT molecular complexity index is 1010. The molecule has 0 aliphatic rings. The molecule has 0 saturated heterocycles. The Kier molecular flexibility index (Phi) is 7.04. The van der Waals surface area contributed by atoms with E-state index in [0.29, 0.717) is 28.2 Å². The summed E-state index contributed by atoms with van der Waals surface area (Å²) in [5.74, 6) is 0.772. The average Bonchev–Trinajstić information content (AvgIpc) is 3.22. The second-order valence-corrected chi connectivity index (χ2v) is 6.65. The van der Waals surface area contributed by atoms with E-state index in [1.54, 1.807) is 37.4 Å². The Labute approximate surface area is 177 Å².